The van der Waals surface area contributed by atoms with Crippen molar-refractivity contribution in [2.45, 2.75) is 24.8 Å². The second-order valence-electron chi connectivity index (χ2n) is 4.01. The van der Waals surface area contributed by atoms with E-state index >= 15 is 0 Å². The minimum absolute atomic E-state index is 0.0179. The van der Waals surface area contributed by atoms with Crippen LogP contribution in [0, 0.1) is 0 Å². The summed E-state index contributed by atoms with van der Waals surface area (Å²) in [6.07, 6.45) is 3.57. The van der Waals surface area contributed by atoms with Gasteiger partial charge in [-0.3, -0.25) is 4.79 Å². The summed E-state index contributed by atoms with van der Waals surface area (Å²) in [5.74, 6) is -0.113. The average Bonchev–Trinajstić information content (AvgIpc) is 2.81. The first-order chi connectivity index (χ1) is 9.20. The van der Waals surface area contributed by atoms with Crippen LogP contribution in [-0.2, 0) is 11.2 Å². The van der Waals surface area contributed by atoms with Gasteiger partial charge in [-0.15, -0.1) is 0 Å². The summed E-state index contributed by atoms with van der Waals surface area (Å²) < 4.78 is 1.71. The zero-order valence-electron chi connectivity index (χ0n) is 10.6. The van der Waals surface area contributed by atoms with Crippen LogP contribution >= 0.6 is 11.8 Å². The van der Waals surface area contributed by atoms with Crippen molar-refractivity contribution in [3.63, 3.8) is 0 Å². The molecule has 100 valence electrons. The van der Waals surface area contributed by atoms with E-state index in [0.29, 0.717) is 5.82 Å². The fourth-order valence-corrected chi connectivity index (χ4v) is 2.42. The summed E-state index contributed by atoms with van der Waals surface area (Å²) in [6, 6.07) is 7.51. The third-order valence-corrected chi connectivity index (χ3v) is 3.42. The summed E-state index contributed by atoms with van der Waals surface area (Å²) in [5, 5.41) is 14.1. The molecule has 0 spiro atoms. The molecule has 2 heterocycles. The van der Waals surface area contributed by atoms with Crippen LogP contribution in [0.25, 0.3) is 5.82 Å². The van der Waals surface area contributed by atoms with E-state index < -0.39 is 5.97 Å². The number of carbonyl (C=O) groups is 1. The first-order valence-electron chi connectivity index (χ1n) is 6.05. The number of thioether (sulfide) groups is 1. The third-order valence-electron chi connectivity index (χ3n) is 2.44. The van der Waals surface area contributed by atoms with E-state index in [0.717, 1.165) is 23.6 Å². The Kier molecular flexibility index (Phi) is 4.57. The van der Waals surface area contributed by atoms with Crippen molar-refractivity contribution in [3.8, 4) is 5.82 Å². The van der Waals surface area contributed by atoms with Gasteiger partial charge in [-0.1, -0.05) is 31.2 Å². The van der Waals surface area contributed by atoms with E-state index in [1.165, 1.54) is 11.8 Å². The number of aromatic nitrogens is 3. The van der Waals surface area contributed by atoms with Crippen molar-refractivity contribution in [2.24, 2.45) is 0 Å². The Morgan fingerprint density at radius 2 is 2.32 bits per heavy atom. The van der Waals surface area contributed by atoms with E-state index in [2.05, 4.69) is 17.0 Å². The molecule has 0 saturated heterocycles. The lowest BCUT2D eigenvalue weighted by molar-refractivity contribution is -0.133. The fraction of sp³-hybridized carbons (Fsp3) is 0.308. The van der Waals surface area contributed by atoms with Crippen LogP contribution < -0.4 is 0 Å². The molecule has 0 aliphatic carbocycles. The maximum Gasteiger partial charge on any atom is 0.313 e. The lowest BCUT2D eigenvalue weighted by atomic mass is 10.3. The Labute approximate surface area is 115 Å². The van der Waals surface area contributed by atoms with E-state index in [-0.39, 0.29) is 5.75 Å². The second kappa shape index (κ2) is 6.38. The number of rotatable bonds is 6. The fourth-order valence-electron chi connectivity index (χ4n) is 1.67. The van der Waals surface area contributed by atoms with Crippen molar-refractivity contribution in [1.82, 2.24) is 14.8 Å². The van der Waals surface area contributed by atoms with E-state index in [1.54, 1.807) is 10.9 Å². The Morgan fingerprint density at radius 1 is 1.47 bits per heavy atom. The molecule has 0 unspecified atom stereocenters. The SMILES string of the molecule is CCCc1cc(SCC(=O)O)n(-c2ccccn2)n1. The highest BCUT2D eigenvalue weighted by atomic mass is 32.2. The monoisotopic (exact) mass is 277 g/mol. The van der Waals surface area contributed by atoms with Crippen molar-refractivity contribution >= 4 is 17.7 Å². The van der Waals surface area contributed by atoms with Gasteiger partial charge in [-0.25, -0.2) is 9.67 Å². The standard InChI is InChI=1S/C13H15N3O2S/c1-2-5-10-8-12(19-9-13(17)18)16(15-10)11-6-3-4-7-14-11/h3-4,6-8H,2,5,9H2,1H3,(H,17,18). The number of carboxylic acid groups (broad SMARTS) is 1. The normalized spacial score (nSPS) is 10.6. The third kappa shape index (κ3) is 3.57. The zero-order valence-corrected chi connectivity index (χ0v) is 11.4. The molecular formula is C13H15N3O2S. The number of hydrogen-bond donors (Lipinski definition) is 1. The first kappa shape index (κ1) is 13.6. The van der Waals surface area contributed by atoms with Gasteiger partial charge in [0.15, 0.2) is 5.82 Å². The molecule has 0 saturated carbocycles. The molecule has 1 N–H and O–H groups in total. The lowest BCUT2D eigenvalue weighted by Crippen LogP contribution is -2.03. The molecule has 0 aromatic carbocycles. The van der Waals surface area contributed by atoms with Crippen LogP contribution in [-0.4, -0.2) is 31.6 Å². The lowest BCUT2D eigenvalue weighted by Gasteiger charge is -2.04. The number of aryl methyl sites for hydroxylation is 1. The molecule has 0 aliphatic heterocycles. The predicted octanol–water partition coefficient (Wildman–Crippen LogP) is 2.40. The van der Waals surface area contributed by atoms with Crippen LogP contribution in [0.4, 0.5) is 0 Å². The minimum atomic E-state index is -0.837. The molecule has 0 fully saturated rings. The van der Waals surface area contributed by atoms with Crippen molar-refractivity contribution in [2.75, 3.05) is 5.75 Å². The molecular weight excluding hydrogens is 262 g/mol. The molecule has 2 aromatic heterocycles. The van der Waals surface area contributed by atoms with Crippen molar-refractivity contribution in [1.29, 1.82) is 0 Å². The molecule has 19 heavy (non-hydrogen) atoms. The Morgan fingerprint density at radius 3 is 2.95 bits per heavy atom. The average molecular weight is 277 g/mol. The number of pyridine rings is 1. The summed E-state index contributed by atoms with van der Waals surface area (Å²) >= 11 is 1.26. The second-order valence-corrected chi connectivity index (χ2v) is 5.00. The highest BCUT2D eigenvalue weighted by molar-refractivity contribution is 7.99. The Hall–Kier alpha value is -1.82. The molecule has 0 radical (unpaired) electrons. The van der Waals surface area contributed by atoms with Crippen LogP contribution in [0.1, 0.15) is 19.0 Å². The van der Waals surface area contributed by atoms with Gasteiger partial charge in [0.25, 0.3) is 0 Å². The molecule has 2 aromatic rings. The van der Waals surface area contributed by atoms with Crippen molar-refractivity contribution < 1.29 is 9.90 Å². The molecule has 5 nitrogen and oxygen atoms in total. The Balaban J connectivity index is 2.31. The smallest absolute Gasteiger partial charge is 0.313 e. The highest BCUT2D eigenvalue weighted by Gasteiger charge is 2.12. The van der Waals surface area contributed by atoms with Gasteiger partial charge >= 0.3 is 5.97 Å². The van der Waals surface area contributed by atoms with Gasteiger partial charge in [-0.05, 0) is 24.6 Å². The first-order valence-corrected chi connectivity index (χ1v) is 7.04. The van der Waals surface area contributed by atoms with Gasteiger partial charge < -0.3 is 5.11 Å². The van der Waals surface area contributed by atoms with Gasteiger partial charge in [-0.2, -0.15) is 5.10 Å². The van der Waals surface area contributed by atoms with Crippen LogP contribution in [0.3, 0.4) is 0 Å². The maximum absolute atomic E-state index is 10.7. The molecule has 0 bridgehead atoms. The van der Waals surface area contributed by atoms with Gasteiger partial charge in [0.2, 0.25) is 0 Å². The summed E-state index contributed by atoms with van der Waals surface area (Å²) in [6.45, 7) is 2.09. The van der Waals surface area contributed by atoms with Crippen LogP contribution in [0.5, 0.6) is 0 Å². The number of hydrogen-bond acceptors (Lipinski definition) is 4. The van der Waals surface area contributed by atoms with Gasteiger partial charge in [0.1, 0.15) is 5.03 Å². The highest BCUT2D eigenvalue weighted by Crippen LogP contribution is 2.22. The van der Waals surface area contributed by atoms with Crippen LogP contribution in [0.2, 0.25) is 0 Å². The van der Waals surface area contributed by atoms with Gasteiger partial charge in [0, 0.05) is 6.20 Å². The quantitative estimate of drug-likeness (QED) is 0.821. The van der Waals surface area contributed by atoms with Crippen molar-refractivity contribution in [3.05, 3.63) is 36.2 Å². The summed E-state index contributed by atoms with van der Waals surface area (Å²) in [4.78, 5) is 14.9. The number of carboxylic acids is 1. The van der Waals surface area contributed by atoms with E-state index in [9.17, 15) is 4.79 Å². The predicted molar refractivity (Wildman–Crippen MR) is 73.7 cm³/mol. The summed E-state index contributed by atoms with van der Waals surface area (Å²) in [7, 11) is 0. The number of nitrogens with zero attached hydrogens (tertiary/aromatic N) is 3. The number of aliphatic carboxylic acids is 1. The Bertz CT molecular complexity index is 554. The van der Waals surface area contributed by atoms with Gasteiger partial charge in [0.05, 0.1) is 11.4 Å². The largest absolute Gasteiger partial charge is 0.481 e. The molecule has 0 atom stereocenters. The summed E-state index contributed by atoms with van der Waals surface area (Å²) in [5.41, 5.74) is 0.959. The molecule has 6 heteroatoms. The zero-order chi connectivity index (χ0) is 13.7. The minimum Gasteiger partial charge on any atom is -0.481 e. The van der Waals surface area contributed by atoms with E-state index in [1.807, 2.05) is 24.3 Å². The molecule has 0 aliphatic rings. The molecule has 2 rings (SSSR count). The van der Waals surface area contributed by atoms with E-state index in [4.69, 9.17) is 5.11 Å². The molecule has 0 amide bonds. The topological polar surface area (TPSA) is 68.0 Å². The van der Waals surface area contributed by atoms with Crippen LogP contribution in [0.15, 0.2) is 35.5 Å². The maximum atomic E-state index is 10.7.